The Morgan fingerprint density at radius 1 is 1.18 bits per heavy atom. The van der Waals surface area contributed by atoms with Gasteiger partial charge in [0, 0.05) is 30.0 Å². The molecule has 90 valence electrons. The minimum Gasteiger partial charge on any atom is -0.282 e. The molecular weight excluding hydrogens is 241 g/mol. The molecule has 1 aliphatic rings. The Kier molecular flexibility index (Phi) is 3.78. The molecule has 17 heavy (non-hydrogen) atoms. The average Bonchev–Trinajstić information content (AvgIpc) is 2.63. The molecule has 0 spiro atoms. The van der Waals surface area contributed by atoms with Gasteiger partial charge in [-0.25, -0.2) is 4.39 Å². The van der Waals surface area contributed by atoms with E-state index < -0.39 is 0 Å². The second kappa shape index (κ2) is 5.31. The summed E-state index contributed by atoms with van der Waals surface area (Å²) < 4.78 is 13.3. The molecule has 2 rings (SSSR count). The van der Waals surface area contributed by atoms with E-state index in [0.717, 1.165) is 0 Å². The van der Waals surface area contributed by atoms with Crippen LogP contribution in [-0.4, -0.2) is 29.0 Å². The largest absolute Gasteiger partial charge is 0.282 e. The van der Waals surface area contributed by atoms with Crippen LogP contribution in [0.4, 0.5) is 4.39 Å². The Balaban J connectivity index is 1.86. The average molecular weight is 253 g/mol. The number of likely N-dealkylation sites (tertiary alicyclic amines) is 1. The van der Waals surface area contributed by atoms with Crippen LogP contribution in [0, 0.1) is 5.82 Å². The van der Waals surface area contributed by atoms with Crippen LogP contribution >= 0.6 is 11.8 Å². The first-order valence-corrected chi connectivity index (χ1v) is 6.37. The van der Waals surface area contributed by atoms with E-state index in [0.29, 0.717) is 30.0 Å². The van der Waals surface area contributed by atoms with Gasteiger partial charge in [-0.2, -0.15) is 0 Å². The minimum atomic E-state index is -0.267. The number of carbonyl (C=O) groups is 2. The Labute approximate surface area is 103 Å². The molecule has 1 fully saturated rings. The third-order valence-corrected chi connectivity index (χ3v) is 3.59. The number of amides is 2. The van der Waals surface area contributed by atoms with Crippen LogP contribution in [-0.2, 0) is 9.59 Å². The molecule has 5 heteroatoms. The Hall–Kier alpha value is -1.36. The van der Waals surface area contributed by atoms with Gasteiger partial charge in [0.05, 0.1) is 0 Å². The van der Waals surface area contributed by atoms with E-state index >= 15 is 0 Å². The zero-order valence-corrected chi connectivity index (χ0v) is 10.0. The SMILES string of the molecule is O=C1CCC(=O)N1CCSc1ccccc1F. The van der Waals surface area contributed by atoms with E-state index in [9.17, 15) is 14.0 Å². The van der Waals surface area contributed by atoms with Gasteiger partial charge in [0.15, 0.2) is 0 Å². The number of thioether (sulfide) groups is 1. The summed E-state index contributed by atoms with van der Waals surface area (Å²) in [5.41, 5.74) is 0. The van der Waals surface area contributed by atoms with Crippen LogP contribution in [0.15, 0.2) is 29.2 Å². The van der Waals surface area contributed by atoms with Crippen molar-refractivity contribution < 1.29 is 14.0 Å². The van der Waals surface area contributed by atoms with Gasteiger partial charge in [0.25, 0.3) is 0 Å². The van der Waals surface area contributed by atoms with Crippen LogP contribution in [0.25, 0.3) is 0 Å². The van der Waals surface area contributed by atoms with E-state index in [1.54, 1.807) is 18.2 Å². The van der Waals surface area contributed by atoms with Gasteiger partial charge >= 0.3 is 0 Å². The van der Waals surface area contributed by atoms with Crippen molar-refractivity contribution >= 4 is 23.6 Å². The second-order valence-corrected chi connectivity index (χ2v) is 4.85. The summed E-state index contributed by atoms with van der Waals surface area (Å²) >= 11 is 1.32. The fourth-order valence-electron chi connectivity index (χ4n) is 1.68. The quantitative estimate of drug-likeness (QED) is 0.609. The fourth-order valence-corrected chi connectivity index (χ4v) is 2.56. The highest BCUT2D eigenvalue weighted by molar-refractivity contribution is 7.99. The molecule has 0 unspecified atom stereocenters. The molecule has 1 saturated heterocycles. The zero-order chi connectivity index (χ0) is 12.3. The summed E-state index contributed by atoms with van der Waals surface area (Å²) in [5, 5.41) is 0. The van der Waals surface area contributed by atoms with Crippen molar-refractivity contribution in [3.63, 3.8) is 0 Å². The first kappa shape index (κ1) is 12.1. The fraction of sp³-hybridized carbons (Fsp3) is 0.333. The highest BCUT2D eigenvalue weighted by Gasteiger charge is 2.28. The molecule has 0 bridgehead atoms. The van der Waals surface area contributed by atoms with E-state index in [-0.39, 0.29) is 17.6 Å². The highest BCUT2D eigenvalue weighted by atomic mass is 32.2. The van der Waals surface area contributed by atoms with Gasteiger partial charge in [-0.15, -0.1) is 11.8 Å². The normalized spacial score (nSPS) is 15.7. The molecule has 2 amide bonds. The summed E-state index contributed by atoms with van der Waals surface area (Å²) in [6, 6.07) is 6.48. The number of nitrogens with zero attached hydrogens (tertiary/aromatic N) is 1. The van der Waals surface area contributed by atoms with Gasteiger partial charge in [-0.3, -0.25) is 14.5 Å². The van der Waals surface area contributed by atoms with E-state index in [2.05, 4.69) is 0 Å². The number of halogens is 1. The lowest BCUT2D eigenvalue weighted by atomic mass is 10.3. The molecular formula is C12H12FNO2S. The maximum Gasteiger partial charge on any atom is 0.229 e. The van der Waals surface area contributed by atoms with Crippen LogP contribution in [0.5, 0.6) is 0 Å². The zero-order valence-electron chi connectivity index (χ0n) is 9.19. The second-order valence-electron chi connectivity index (χ2n) is 3.72. The third-order valence-electron chi connectivity index (χ3n) is 2.56. The van der Waals surface area contributed by atoms with Crippen molar-refractivity contribution in [1.82, 2.24) is 4.90 Å². The van der Waals surface area contributed by atoms with Crippen LogP contribution in [0.3, 0.4) is 0 Å². The summed E-state index contributed by atoms with van der Waals surface area (Å²) in [6.07, 6.45) is 0.617. The molecule has 0 aliphatic carbocycles. The molecule has 1 aliphatic heterocycles. The van der Waals surface area contributed by atoms with E-state index in [1.807, 2.05) is 0 Å². The summed E-state index contributed by atoms with van der Waals surface area (Å²) in [6.45, 7) is 0.358. The van der Waals surface area contributed by atoms with Crippen molar-refractivity contribution in [1.29, 1.82) is 0 Å². The number of hydrogen-bond donors (Lipinski definition) is 0. The molecule has 0 N–H and O–H groups in total. The number of imide groups is 1. The number of rotatable bonds is 4. The first-order chi connectivity index (χ1) is 8.18. The molecule has 3 nitrogen and oxygen atoms in total. The minimum absolute atomic E-state index is 0.121. The summed E-state index contributed by atoms with van der Waals surface area (Å²) in [7, 11) is 0. The molecule has 0 saturated carbocycles. The maximum atomic E-state index is 13.3. The molecule has 0 radical (unpaired) electrons. The summed E-state index contributed by atoms with van der Waals surface area (Å²) in [5.74, 6) is 0.0168. The standard InChI is InChI=1S/C12H12FNO2S/c13-9-3-1-2-4-10(9)17-8-7-14-11(15)5-6-12(14)16/h1-4H,5-8H2. The lowest BCUT2D eigenvalue weighted by Crippen LogP contribution is -2.31. The molecule has 0 atom stereocenters. The smallest absolute Gasteiger partial charge is 0.229 e. The maximum absolute atomic E-state index is 13.3. The third kappa shape index (κ3) is 2.85. The molecule has 1 aromatic rings. The number of hydrogen-bond acceptors (Lipinski definition) is 3. The van der Waals surface area contributed by atoms with Crippen molar-refractivity contribution in [2.45, 2.75) is 17.7 Å². The number of benzene rings is 1. The predicted molar refractivity (Wildman–Crippen MR) is 63.1 cm³/mol. The monoisotopic (exact) mass is 253 g/mol. The van der Waals surface area contributed by atoms with Gasteiger partial charge in [-0.1, -0.05) is 12.1 Å². The van der Waals surface area contributed by atoms with E-state index in [4.69, 9.17) is 0 Å². The Morgan fingerprint density at radius 2 is 1.82 bits per heavy atom. The van der Waals surface area contributed by atoms with Gasteiger partial charge in [0.2, 0.25) is 11.8 Å². The van der Waals surface area contributed by atoms with Crippen molar-refractivity contribution in [2.75, 3.05) is 12.3 Å². The van der Waals surface area contributed by atoms with Crippen LogP contribution < -0.4 is 0 Å². The van der Waals surface area contributed by atoms with Gasteiger partial charge in [0.1, 0.15) is 5.82 Å². The van der Waals surface area contributed by atoms with Gasteiger partial charge < -0.3 is 0 Å². The van der Waals surface area contributed by atoms with Crippen LogP contribution in [0.1, 0.15) is 12.8 Å². The molecule has 1 heterocycles. The first-order valence-electron chi connectivity index (χ1n) is 5.39. The van der Waals surface area contributed by atoms with E-state index in [1.165, 1.54) is 22.7 Å². The Morgan fingerprint density at radius 3 is 2.47 bits per heavy atom. The Bertz CT molecular complexity index is 434. The van der Waals surface area contributed by atoms with Crippen molar-refractivity contribution in [2.24, 2.45) is 0 Å². The molecule has 1 aromatic carbocycles. The highest BCUT2D eigenvalue weighted by Crippen LogP contribution is 2.22. The summed E-state index contributed by atoms with van der Waals surface area (Å²) in [4.78, 5) is 24.4. The lowest BCUT2D eigenvalue weighted by Gasteiger charge is -2.13. The molecule has 0 aromatic heterocycles. The topological polar surface area (TPSA) is 37.4 Å². The predicted octanol–water partition coefficient (Wildman–Crippen LogP) is 2.07. The van der Waals surface area contributed by atoms with Crippen molar-refractivity contribution in [3.8, 4) is 0 Å². The number of carbonyl (C=O) groups excluding carboxylic acids is 2. The van der Waals surface area contributed by atoms with Crippen LogP contribution in [0.2, 0.25) is 0 Å². The lowest BCUT2D eigenvalue weighted by molar-refractivity contribution is -0.137. The van der Waals surface area contributed by atoms with Gasteiger partial charge in [-0.05, 0) is 12.1 Å². The van der Waals surface area contributed by atoms with Crippen molar-refractivity contribution in [3.05, 3.63) is 30.1 Å².